The van der Waals surface area contributed by atoms with Crippen molar-refractivity contribution in [2.24, 2.45) is 5.92 Å². The molecule has 0 unspecified atom stereocenters. The Balaban J connectivity index is 1.29. The first-order chi connectivity index (χ1) is 14.2. The number of aliphatic hydroxyl groups excluding tert-OH is 1. The molecule has 3 aromatic rings. The van der Waals surface area contributed by atoms with E-state index in [9.17, 15) is 9.90 Å². The van der Waals surface area contributed by atoms with E-state index in [4.69, 9.17) is 4.74 Å². The summed E-state index contributed by atoms with van der Waals surface area (Å²) in [6.45, 7) is 1.31. The van der Waals surface area contributed by atoms with Crippen LogP contribution < -0.4 is 10.1 Å². The van der Waals surface area contributed by atoms with E-state index in [2.05, 4.69) is 16.4 Å². The van der Waals surface area contributed by atoms with Crippen molar-refractivity contribution in [3.05, 3.63) is 59.9 Å². The van der Waals surface area contributed by atoms with E-state index in [1.807, 2.05) is 41.0 Å². The highest BCUT2D eigenvalue weighted by Gasteiger charge is 2.36. The van der Waals surface area contributed by atoms with E-state index in [1.165, 1.54) is 5.56 Å². The lowest BCUT2D eigenvalue weighted by Gasteiger charge is -2.38. The van der Waals surface area contributed by atoms with Gasteiger partial charge in [0.05, 0.1) is 36.1 Å². The molecule has 0 saturated heterocycles. The number of carbonyl (C=O) groups excluding carboxylic acids is 1. The van der Waals surface area contributed by atoms with Gasteiger partial charge in [-0.15, -0.1) is 0 Å². The molecule has 1 aliphatic carbocycles. The van der Waals surface area contributed by atoms with Crippen molar-refractivity contribution in [1.29, 1.82) is 0 Å². The molecule has 1 aliphatic heterocycles. The number of aliphatic hydroxyl groups is 1. The molecule has 1 aromatic heterocycles. The van der Waals surface area contributed by atoms with E-state index in [-0.39, 0.29) is 24.0 Å². The summed E-state index contributed by atoms with van der Waals surface area (Å²) < 4.78 is 7.63. The highest BCUT2D eigenvalue weighted by atomic mass is 16.5. The first kappa shape index (κ1) is 18.2. The zero-order valence-electron chi connectivity index (χ0n) is 16.3. The largest absolute Gasteiger partial charge is 0.493 e. The molecule has 0 bridgehead atoms. The third-order valence-electron chi connectivity index (χ3n) is 6.12. The van der Waals surface area contributed by atoms with Crippen molar-refractivity contribution < 1.29 is 14.6 Å². The van der Waals surface area contributed by atoms with Gasteiger partial charge < -0.3 is 19.7 Å². The number of hydrogen-bond donors (Lipinski definition) is 2. The van der Waals surface area contributed by atoms with E-state index >= 15 is 0 Å². The Labute approximate surface area is 169 Å². The fourth-order valence-corrected chi connectivity index (χ4v) is 4.43. The van der Waals surface area contributed by atoms with Gasteiger partial charge in [0, 0.05) is 19.4 Å². The number of carbonyl (C=O) groups is 1. The molecule has 2 aliphatic rings. The number of fused-ring (bicyclic) bond motifs is 2. The summed E-state index contributed by atoms with van der Waals surface area (Å²) in [5.41, 5.74) is 4.28. The molecule has 2 heterocycles. The molecule has 0 radical (unpaired) electrons. The molecule has 5 rings (SSSR count). The summed E-state index contributed by atoms with van der Waals surface area (Å²) in [6.07, 6.45) is 4.29. The third-order valence-corrected chi connectivity index (χ3v) is 6.12. The second kappa shape index (κ2) is 7.52. The van der Waals surface area contributed by atoms with Gasteiger partial charge in [-0.25, -0.2) is 4.98 Å². The van der Waals surface area contributed by atoms with E-state index in [0.717, 1.165) is 48.2 Å². The normalized spacial score (nSPS) is 21.3. The monoisotopic (exact) mass is 391 g/mol. The maximum absolute atomic E-state index is 12.8. The molecule has 6 nitrogen and oxygen atoms in total. The fraction of sp³-hybridized carbons (Fsp3) is 0.391. The van der Waals surface area contributed by atoms with Crippen LogP contribution in [0.4, 0.5) is 0 Å². The summed E-state index contributed by atoms with van der Waals surface area (Å²) in [5, 5.41) is 13.0. The van der Waals surface area contributed by atoms with Gasteiger partial charge >= 0.3 is 0 Å². The molecule has 29 heavy (non-hydrogen) atoms. The highest BCUT2D eigenvalue weighted by molar-refractivity contribution is 5.78. The second-order valence-electron chi connectivity index (χ2n) is 8.07. The summed E-state index contributed by atoms with van der Waals surface area (Å²) in [5.74, 6) is 1.23. The molecule has 2 aromatic carbocycles. The van der Waals surface area contributed by atoms with Crippen LogP contribution in [0.1, 0.15) is 36.4 Å². The maximum Gasteiger partial charge on any atom is 0.222 e. The van der Waals surface area contributed by atoms with Crippen LogP contribution in [0.3, 0.4) is 0 Å². The summed E-state index contributed by atoms with van der Waals surface area (Å²) in [7, 11) is 0. The lowest BCUT2D eigenvalue weighted by atomic mass is 9.75. The fourth-order valence-electron chi connectivity index (χ4n) is 4.43. The summed E-state index contributed by atoms with van der Waals surface area (Å²) in [4.78, 5) is 17.2. The van der Waals surface area contributed by atoms with Gasteiger partial charge in [0.1, 0.15) is 5.75 Å². The van der Waals surface area contributed by atoms with Gasteiger partial charge in [-0.2, -0.15) is 0 Å². The molecule has 2 N–H and O–H groups in total. The van der Waals surface area contributed by atoms with Gasteiger partial charge in [-0.3, -0.25) is 4.79 Å². The summed E-state index contributed by atoms with van der Waals surface area (Å²) >= 11 is 0. The number of aromatic nitrogens is 2. The smallest absolute Gasteiger partial charge is 0.222 e. The van der Waals surface area contributed by atoms with E-state index < -0.39 is 0 Å². The molecule has 1 saturated carbocycles. The quantitative estimate of drug-likeness (QED) is 0.677. The number of nitrogens with one attached hydrogen (secondary N) is 1. The number of aryl methyl sites for hydroxylation is 1. The number of amides is 1. The predicted octanol–water partition coefficient (Wildman–Crippen LogP) is 2.99. The van der Waals surface area contributed by atoms with Crippen LogP contribution in [0.2, 0.25) is 0 Å². The minimum atomic E-state index is -0.255. The van der Waals surface area contributed by atoms with Crippen LogP contribution in [0.15, 0.2) is 48.8 Å². The number of ether oxygens (including phenoxy) is 1. The van der Waals surface area contributed by atoms with Gasteiger partial charge in [-0.1, -0.05) is 18.2 Å². The average molecular weight is 391 g/mol. The lowest BCUT2D eigenvalue weighted by Crippen LogP contribution is -2.41. The van der Waals surface area contributed by atoms with Crippen molar-refractivity contribution >= 4 is 16.9 Å². The van der Waals surface area contributed by atoms with Crippen molar-refractivity contribution in [1.82, 2.24) is 14.9 Å². The first-order valence-corrected chi connectivity index (χ1v) is 10.3. The number of para-hydroxylation sites is 2. The van der Waals surface area contributed by atoms with Gasteiger partial charge in [0.25, 0.3) is 0 Å². The molecule has 1 fully saturated rings. The maximum atomic E-state index is 12.8. The Bertz CT molecular complexity index is 1040. The molecular weight excluding hydrogens is 366 g/mol. The zero-order valence-corrected chi connectivity index (χ0v) is 16.3. The molecular formula is C23H25N3O3. The topological polar surface area (TPSA) is 76.4 Å². The minimum Gasteiger partial charge on any atom is -0.493 e. The Morgan fingerprint density at radius 2 is 2.14 bits per heavy atom. The molecule has 150 valence electrons. The SMILES string of the molecule is O=C(CCn1cnc2ccccc21)N[C@@H](c1ccc2c(c1)CCO2)C1CC(O)C1. The van der Waals surface area contributed by atoms with Crippen molar-refractivity contribution in [3.8, 4) is 5.75 Å². The molecule has 0 spiro atoms. The standard InChI is InChI=1S/C23H25N3O3/c27-18-12-17(13-18)23(16-5-6-21-15(11-16)8-10-29-21)25-22(28)7-9-26-14-24-19-3-1-2-4-20(19)26/h1-6,11,14,17-18,23,27H,7-10,12-13H2,(H,25,28)/t17?,18?,23-/m0/s1. The zero-order chi connectivity index (χ0) is 19.8. The number of rotatable bonds is 6. The van der Waals surface area contributed by atoms with Gasteiger partial charge in [0.2, 0.25) is 5.91 Å². The average Bonchev–Trinajstić information content (AvgIpc) is 3.34. The Hall–Kier alpha value is -2.86. The number of imidazole rings is 1. The second-order valence-corrected chi connectivity index (χ2v) is 8.07. The summed E-state index contributed by atoms with van der Waals surface area (Å²) in [6, 6.07) is 14.1. The predicted molar refractivity (Wildman–Crippen MR) is 110 cm³/mol. The molecule has 6 heteroatoms. The van der Waals surface area contributed by atoms with Crippen molar-refractivity contribution in [2.75, 3.05) is 6.61 Å². The minimum absolute atomic E-state index is 0.0194. The van der Waals surface area contributed by atoms with E-state index in [0.29, 0.717) is 13.0 Å². The van der Waals surface area contributed by atoms with Crippen molar-refractivity contribution in [3.63, 3.8) is 0 Å². The Kier molecular flexibility index (Phi) is 4.72. The highest BCUT2D eigenvalue weighted by Crippen LogP contribution is 2.39. The van der Waals surface area contributed by atoms with Crippen LogP contribution >= 0.6 is 0 Å². The van der Waals surface area contributed by atoms with Gasteiger partial charge in [0.15, 0.2) is 0 Å². The Morgan fingerprint density at radius 1 is 1.28 bits per heavy atom. The van der Waals surface area contributed by atoms with Crippen LogP contribution in [0, 0.1) is 5.92 Å². The van der Waals surface area contributed by atoms with Crippen molar-refractivity contribution in [2.45, 2.75) is 44.4 Å². The first-order valence-electron chi connectivity index (χ1n) is 10.3. The van der Waals surface area contributed by atoms with Crippen LogP contribution in [-0.4, -0.2) is 33.3 Å². The van der Waals surface area contributed by atoms with Gasteiger partial charge in [-0.05, 0) is 54.2 Å². The molecule has 1 atom stereocenters. The van der Waals surface area contributed by atoms with E-state index in [1.54, 1.807) is 6.33 Å². The van der Waals surface area contributed by atoms with Crippen LogP contribution in [0.5, 0.6) is 5.75 Å². The van der Waals surface area contributed by atoms with Crippen LogP contribution in [0.25, 0.3) is 11.0 Å². The van der Waals surface area contributed by atoms with Crippen LogP contribution in [-0.2, 0) is 17.8 Å². The number of benzene rings is 2. The Morgan fingerprint density at radius 3 is 3.00 bits per heavy atom. The lowest BCUT2D eigenvalue weighted by molar-refractivity contribution is -0.123. The number of hydrogen-bond acceptors (Lipinski definition) is 4. The third kappa shape index (κ3) is 3.60. The number of nitrogens with zero attached hydrogens (tertiary/aromatic N) is 2. The molecule has 1 amide bonds.